The molecule has 2 heterocycles. The number of benzene rings is 1. The fourth-order valence-corrected chi connectivity index (χ4v) is 3.11. The van der Waals surface area contributed by atoms with E-state index in [1.54, 1.807) is 0 Å². The van der Waals surface area contributed by atoms with Gasteiger partial charge in [-0.3, -0.25) is 0 Å². The molecule has 0 atom stereocenters. The molecule has 0 unspecified atom stereocenters. The Morgan fingerprint density at radius 2 is 1.78 bits per heavy atom. The minimum absolute atomic E-state index is 0.0880. The number of nitrogens with one attached hydrogen (secondary N) is 1. The van der Waals surface area contributed by atoms with Crippen LogP contribution in [0.15, 0.2) is 24.3 Å². The van der Waals surface area contributed by atoms with Gasteiger partial charge in [-0.1, -0.05) is 0 Å². The summed E-state index contributed by atoms with van der Waals surface area (Å²) in [6.07, 6.45) is -3.06. The molecule has 1 aromatic carbocycles. The van der Waals surface area contributed by atoms with E-state index in [0.29, 0.717) is 18.8 Å². The molecule has 1 aromatic heterocycles. The van der Waals surface area contributed by atoms with Gasteiger partial charge in [-0.2, -0.15) is 13.2 Å². The Kier molecular flexibility index (Phi) is 5.59. The van der Waals surface area contributed by atoms with E-state index in [9.17, 15) is 22.0 Å². The van der Waals surface area contributed by atoms with Gasteiger partial charge in [-0.05, 0) is 38.0 Å². The van der Waals surface area contributed by atoms with Gasteiger partial charge in [-0.25, -0.2) is 18.7 Å². The minimum atomic E-state index is -4.50. The van der Waals surface area contributed by atoms with E-state index in [2.05, 4.69) is 15.3 Å². The third-order valence-electron chi connectivity index (χ3n) is 4.50. The fraction of sp³-hybridized carbons (Fsp3) is 0.444. The minimum Gasteiger partial charge on any atom is -0.371 e. The lowest BCUT2D eigenvalue weighted by molar-refractivity contribution is -0.141. The second kappa shape index (κ2) is 7.75. The molecule has 4 nitrogen and oxygen atoms in total. The van der Waals surface area contributed by atoms with Gasteiger partial charge in [-0.15, -0.1) is 0 Å². The summed E-state index contributed by atoms with van der Waals surface area (Å²) in [5.74, 6) is -1.66. The zero-order valence-electron chi connectivity index (χ0n) is 14.7. The van der Waals surface area contributed by atoms with Crippen LogP contribution in [0.1, 0.15) is 30.1 Å². The largest absolute Gasteiger partial charge is 0.433 e. The first kappa shape index (κ1) is 19.5. The van der Waals surface area contributed by atoms with Gasteiger partial charge < -0.3 is 10.2 Å². The summed E-state index contributed by atoms with van der Waals surface area (Å²) in [6.45, 7) is 2.90. The number of nitrogens with zero attached hydrogens (tertiary/aromatic N) is 3. The number of rotatable bonds is 4. The van der Waals surface area contributed by atoms with Crippen molar-refractivity contribution >= 4 is 5.69 Å². The van der Waals surface area contributed by atoms with Gasteiger partial charge >= 0.3 is 6.18 Å². The maximum atomic E-state index is 13.4. The fourth-order valence-electron chi connectivity index (χ4n) is 3.11. The van der Waals surface area contributed by atoms with E-state index < -0.39 is 23.5 Å². The van der Waals surface area contributed by atoms with E-state index in [1.807, 2.05) is 4.90 Å². The Morgan fingerprint density at radius 3 is 2.41 bits per heavy atom. The van der Waals surface area contributed by atoms with Crippen LogP contribution in [0.2, 0.25) is 0 Å². The summed E-state index contributed by atoms with van der Waals surface area (Å²) in [6, 6.07) is 4.81. The van der Waals surface area contributed by atoms with E-state index >= 15 is 0 Å². The number of aryl methyl sites for hydroxylation is 1. The van der Waals surface area contributed by atoms with Crippen molar-refractivity contribution in [2.75, 3.05) is 18.0 Å². The van der Waals surface area contributed by atoms with Crippen molar-refractivity contribution in [2.24, 2.45) is 0 Å². The van der Waals surface area contributed by atoms with E-state index in [0.717, 1.165) is 25.0 Å². The second-order valence-corrected chi connectivity index (χ2v) is 6.55. The van der Waals surface area contributed by atoms with Crippen molar-refractivity contribution in [1.82, 2.24) is 15.3 Å². The number of hydrogen-bond acceptors (Lipinski definition) is 4. The molecule has 1 N–H and O–H groups in total. The molecule has 0 radical (unpaired) electrons. The third-order valence-corrected chi connectivity index (χ3v) is 4.50. The molecule has 3 rings (SSSR count). The lowest BCUT2D eigenvalue weighted by atomic mass is 10.0. The van der Waals surface area contributed by atoms with Crippen molar-refractivity contribution < 1.29 is 22.0 Å². The van der Waals surface area contributed by atoms with Crippen molar-refractivity contribution in [1.29, 1.82) is 0 Å². The van der Waals surface area contributed by atoms with E-state index in [1.165, 1.54) is 19.1 Å². The number of alkyl halides is 3. The molecule has 0 bridgehead atoms. The molecule has 0 amide bonds. The number of piperidine rings is 1. The predicted molar refractivity (Wildman–Crippen MR) is 90.2 cm³/mol. The SMILES string of the molecule is Cc1cc(C(F)(F)F)nc(CNC2CCN(c3ccc(F)c(F)c3)CC2)n1. The molecule has 1 aliphatic rings. The van der Waals surface area contributed by atoms with E-state index in [-0.39, 0.29) is 24.1 Å². The summed E-state index contributed by atoms with van der Waals surface area (Å²) in [5.41, 5.74) is -0.0635. The number of aromatic nitrogens is 2. The first-order valence-electron chi connectivity index (χ1n) is 8.57. The average molecular weight is 386 g/mol. The quantitative estimate of drug-likeness (QED) is 0.811. The molecule has 1 aliphatic heterocycles. The Morgan fingerprint density at radius 1 is 1.07 bits per heavy atom. The second-order valence-electron chi connectivity index (χ2n) is 6.55. The molecule has 1 saturated heterocycles. The van der Waals surface area contributed by atoms with Crippen LogP contribution < -0.4 is 10.2 Å². The van der Waals surface area contributed by atoms with Crippen LogP contribution in [-0.2, 0) is 12.7 Å². The average Bonchev–Trinajstić information content (AvgIpc) is 2.62. The molecule has 0 saturated carbocycles. The molecular weight excluding hydrogens is 367 g/mol. The monoisotopic (exact) mass is 386 g/mol. The van der Waals surface area contributed by atoms with Gasteiger partial charge in [0.05, 0.1) is 6.54 Å². The lowest BCUT2D eigenvalue weighted by Gasteiger charge is -2.34. The highest BCUT2D eigenvalue weighted by atomic mass is 19.4. The zero-order valence-corrected chi connectivity index (χ0v) is 14.7. The molecule has 27 heavy (non-hydrogen) atoms. The highest BCUT2D eigenvalue weighted by molar-refractivity contribution is 5.47. The van der Waals surface area contributed by atoms with Crippen LogP contribution in [-0.4, -0.2) is 29.1 Å². The highest BCUT2D eigenvalue weighted by Crippen LogP contribution is 2.28. The van der Waals surface area contributed by atoms with Crippen LogP contribution in [0.4, 0.5) is 27.6 Å². The smallest absolute Gasteiger partial charge is 0.371 e. The van der Waals surface area contributed by atoms with Gasteiger partial charge in [0.1, 0.15) is 11.5 Å². The summed E-state index contributed by atoms with van der Waals surface area (Å²) in [4.78, 5) is 9.58. The summed E-state index contributed by atoms with van der Waals surface area (Å²) >= 11 is 0. The van der Waals surface area contributed by atoms with Crippen molar-refractivity contribution in [3.63, 3.8) is 0 Å². The molecule has 1 fully saturated rings. The van der Waals surface area contributed by atoms with Crippen LogP contribution in [0.3, 0.4) is 0 Å². The first-order valence-corrected chi connectivity index (χ1v) is 8.57. The molecule has 2 aromatic rings. The van der Waals surface area contributed by atoms with Crippen molar-refractivity contribution in [2.45, 2.75) is 38.5 Å². The maximum absolute atomic E-state index is 13.4. The van der Waals surface area contributed by atoms with Crippen LogP contribution in [0.25, 0.3) is 0 Å². The van der Waals surface area contributed by atoms with Crippen molar-refractivity contribution in [3.8, 4) is 0 Å². The Labute approximate surface area is 153 Å². The van der Waals surface area contributed by atoms with Crippen LogP contribution in [0.5, 0.6) is 0 Å². The zero-order chi connectivity index (χ0) is 19.6. The standard InChI is InChI=1S/C18H19F5N4/c1-11-8-16(18(21,22)23)26-17(25-11)10-24-12-4-6-27(7-5-12)13-2-3-14(19)15(20)9-13/h2-3,8-9,12,24H,4-7,10H2,1H3. The summed E-state index contributed by atoms with van der Waals surface area (Å²) < 4.78 is 64.9. The molecule has 0 aliphatic carbocycles. The van der Waals surface area contributed by atoms with Gasteiger partial charge in [0.25, 0.3) is 0 Å². The van der Waals surface area contributed by atoms with Gasteiger partial charge in [0.2, 0.25) is 0 Å². The molecule has 9 heteroatoms. The van der Waals surface area contributed by atoms with Gasteiger partial charge in [0, 0.05) is 36.6 Å². The number of halogens is 5. The highest BCUT2D eigenvalue weighted by Gasteiger charge is 2.33. The lowest BCUT2D eigenvalue weighted by Crippen LogP contribution is -2.42. The summed E-state index contributed by atoms with van der Waals surface area (Å²) in [5, 5.41) is 3.18. The third kappa shape index (κ3) is 4.91. The molecule has 146 valence electrons. The topological polar surface area (TPSA) is 41.1 Å². The normalized spacial score (nSPS) is 16.0. The molecule has 0 spiro atoms. The first-order chi connectivity index (χ1) is 12.7. The summed E-state index contributed by atoms with van der Waals surface area (Å²) in [7, 11) is 0. The predicted octanol–water partition coefficient (Wildman–Crippen LogP) is 3.84. The van der Waals surface area contributed by atoms with Crippen LogP contribution >= 0.6 is 0 Å². The van der Waals surface area contributed by atoms with Crippen molar-refractivity contribution in [3.05, 3.63) is 53.1 Å². The molecular formula is C18H19F5N4. The Hall–Kier alpha value is -2.29. The van der Waals surface area contributed by atoms with Crippen LogP contribution in [0, 0.1) is 18.6 Å². The maximum Gasteiger partial charge on any atom is 0.433 e. The van der Waals surface area contributed by atoms with E-state index in [4.69, 9.17) is 0 Å². The Bertz CT molecular complexity index is 801. The van der Waals surface area contributed by atoms with Gasteiger partial charge in [0.15, 0.2) is 11.6 Å². The Balaban J connectivity index is 1.55. The number of hydrogen-bond donors (Lipinski definition) is 1. The number of anilines is 1.